The number of amides is 2. The van der Waals surface area contributed by atoms with Crippen molar-refractivity contribution in [3.8, 4) is 5.75 Å². The molecule has 0 fully saturated rings. The second-order valence-electron chi connectivity index (χ2n) is 6.50. The molecule has 154 valence electrons. The Hall–Kier alpha value is -2.56. The van der Waals surface area contributed by atoms with Gasteiger partial charge in [0.1, 0.15) is 10.6 Å². The molecule has 1 atom stereocenters. The Kier molecular flexibility index (Phi) is 6.15. The zero-order chi connectivity index (χ0) is 21.2. The fourth-order valence-electron chi connectivity index (χ4n) is 2.76. The number of benzene rings is 2. The van der Waals surface area contributed by atoms with Crippen molar-refractivity contribution < 1.29 is 22.7 Å². The van der Waals surface area contributed by atoms with Gasteiger partial charge in [-0.2, -0.15) is 0 Å². The number of nitrogens with zero attached hydrogens (tertiary/aromatic N) is 1. The van der Waals surface area contributed by atoms with E-state index in [2.05, 4.69) is 10.6 Å². The summed E-state index contributed by atoms with van der Waals surface area (Å²) < 4.78 is 31.2. The summed E-state index contributed by atoms with van der Waals surface area (Å²) in [6.07, 6.45) is -0.0490. The van der Waals surface area contributed by atoms with Gasteiger partial charge in [0, 0.05) is 31.1 Å². The zero-order valence-corrected chi connectivity index (χ0v) is 17.8. The van der Waals surface area contributed by atoms with Crippen LogP contribution in [-0.4, -0.2) is 51.0 Å². The Labute approximate surface area is 173 Å². The van der Waals surface area contributed by atoms with Crippen molar-refractivity contribution in [3.05, 3.63) is 42.5 Å². The lowest BCUT2D eigenvalue weighted by Crippen LogP contribution is -2.32. The fraction of sp³-hybridized carbons (Fsp3) is 0.263. The Morgan fingerprint density at radius 2 is 1.97 bits per heavy atom. The molecule has 0 aliphatic carbocycles. The van der Waals surface area contributed by atoms with Gasteiger partial charge in [-0.15, -0.1) is 11.8 Å². The van der Waals surface area contributed by atoms with E-state index in [1.54, 1.807) is 12.1 Å². The number of carbonyl (C=O) groups is 2. The summed E-state index contributed by atoms with van der Waals surface area (Å²) in [6.45, 7) is 0. The summed E-state index contributed by atoms with van der Waals surface area (Å²) in [5, 5.41) is 4.88. The highest BCUT2D eigenvalue weighted by Crippen LogP contribution is 2.37. The summed E-state index contributed by atoms with van der Waals surface area (Å²) in [7, 11) is 0.442. The van der Waals surface area contributed by atoms with Gasteiger partial charge in [0.05, 0.1) is 18.0 Å². The fourth-order valence-corrected chi connectivity index (χ4v) is 4.95. The summed E-state index contributed by atoms with van der Waals surface area (Å²) in [4.78, 5) is 25.6. The average Bonchev–Trinajstić information content (AvgIpc) is 2.68. The molecule has 2 aromatic carbocycles. The van der Waals surface area contributed by atoms with Crippen LogP contribution in [0.4, 0.5) is 11.4 Å². The number of fused-ring (bicyclic) bond motifs is 1. The maximum absolute atomic E-state index is 12.5. The molecule has 3 rings (SSSR count). The van der Waals surface area contributed by atoms with Crippen LogP contribution in [0, 0.1) is 0 Å². The Balaban J connectivity index is 1.75. The smallest absolute Gasteiger partial charge is 0.246 e. The Bertz CT molecular complexity index is 1050. The monoisotopic (exact) mass is 435 g/mol. The standard InChI is InChI=1S/C19H21N3O5S2/c1-22(2)29(25,26)17-10-12(8-9-14(17)27-3)20-18(23)11-16-19(24)21-13-6-4-5-7-15(13)28-16/h4-10,16H,11H2,1-3H3,(H,20,23)(H,21,24). The van der Waals surface area contributed by atoms with Crippen LogP contribution in [0.3, 0.4) is 0 Å². The SMILES string of the molecule is COc1ccc(NC(=O)CC2Sc3ccccc3NC2=O)cc1S(=O)(=O)N(C)C. The minimum atomic E-state index is -3.76. The van der Waals surface area contributed by atoms with Crippen LogP contribution < -0.4 is 15.4 Å². The highest BCUT2D eigenvalue weighted by molar-refractivity contribution is 8.01. The molecule has 0 saturated heterocycles. The van der Waals surface area contributed by atoms with E-state index in [0.29, 0.717) is 5.69 Å². The second kappa shape index (κ2) is 8.44. The topological polar surface area (TPSA) is 105 Å². The first-order valence-corrected chi connectivity index (χ1v) is 11.0. The van der Waals surface area contributed by atoms with Crippen LogP contribution >= 0.6 is 11.8 Å². The number of thioether (sulfide) groups is 1. The van der Waals surface area contributed by atoms with Crippen molar-refractivity contribution >= 4 is 45.0 Å². The van der Waals surface area contributed by atoms with Crippen LogP contribution in [0.5, 0.6) is 5.75 Å². The Morgan fingerprint density at radius 1 is 1.24 bits per heavy atom. The lowest BCUT2D eigenvalue weighted by atomic mass is 10.2. The average molecular weight is 436 g/mol. The van der Waals surface area contributed by atoms with Crippen LogP contribution in [0.2, 0.25) is 0 Å². The van der Waals surface area contributed by atoms with Crippen molar-refractivity contribution in [2.45, 2.75) is 21.5 Å². The van der Waals surface area contributed by atoms with Gasteiger partial charge in [-0.3, -0.25) is 9.59 Å². The molecule has 2 N–H and O–H groups in total. The molecule has 1 aliphatic rings. The summed E-state index contributed by atoms with van der Waals surface area (Å²) in [5.74, 6) is -0.458. The number of methoxy groups -OCH3 is 1. The predicted octanol–water partition coefficient (Wildman–Crippen LogP) is 2.39. The van der Waals surface area contributed by atoms with E-state index >= 15 is 0 Å². The molecule has 0 saturated carbocycles. The minimum Gasteiger partial charge on any atom is -0.495 e. The van der Waals surface area contributed by atoms with Gasteiger partial charge >= 0.3 is 0 Å². The first-order valence-electron chi connectivity index (χ1n) is 8.69. The van der Waals surface area contributed by atoms with Gasteiger partial charge in [-0.1, -0.05) is 12.1 Å². The third-order valence-corrected chi connectivity index (χ3v) is 7.39. The molecule has 0 bridgehead atoms. The maximum Gasteiger partial charge on any atom is 0.246 e. The second-order valence-corrected chi connectivity index (χ2v) is 9.86. The van der Waals surface area contributed by atoms with E-state index in [1.807, 2.05) is 18.2 Å². The molecule has 10 heteroatoms. The Morgan fingerprint density at radius 3 is 2.66 bits per heavy atom. The van der Waals surface area contributed by atoms with Crippen molar-refractivity contribution in [2.75, 3.05) is 31.8 Å². The van der Waals surface area contributed by atoms with E-state index in [1.165, 1.54) is 45.1 Å². The van der Waals surface area contributed by atoms with Crippen molar-refractivity contribution in [1.82, 2.24) is 4.31 Å². The highest BCUT2D eigenvalue weighted by atomic mass is 32.2. The molecule has 2 amide bonds. The lowest BCUT2D eigenvalue weighted by Gasteiger charge is -2.23. The summed E-state index contributed by atoms with van der Waals surface area (Å²) in [6, 6.07) is 11.8. The lowest BCUT2D eigenvalue weighted by molar-refractivity contribution is -0.120. The molecule has 1 unspecified atom stereocenters. The molecule has 1 heterocycles. The van der Waals surface area contributed by atoms with E-state index in [-0.39, 0.29) is 23.0 Å². The normalized spacial score (nSPS) is 16.1. The van der Waals surface area contributed by atoms with Crippen LogP contribution in [0.15, 0.2) is 52.3 Å². The molecule has 29 heavy (non-hydrogen) atoms. The molecular weight excluding hydrogens is 414 g/mol. The number of anilines is 2. The third-order valence-electron chi connectivity index (χ3n) is 4.28. The highest BCUT2D eigenvalue weighted by Gasteiger charge is 2.29. The van der Waals surface area contributed by atoms with Crippen molar-refractivity contribution in [1.29, 1.82) is 0 Å². The predicted molar refractivity (Wildman–Crippen MR) is 112 cm³/mol. The van der Waals surface area contributed by atoms with Gasteiger partial charge in [0.15, 0.2) is 0 Å². The molecular formula is C19H21N3O5S2. The summed E-state index contributed by atoms with van der Waals surface area (Å²) >= 11 is 1.33. The van der Waals surface area contributed by atoms with E-state index < -0.39 is 21.2 Å². The van der Waals surface area contributed by atoms with Gasteiger partial charge in [-0.05, 0) is 30.3 Å². The van der Waals surface area contributed by atoms with Crippen molar-refractivity contribution in [3.63, 3.8) is 0 Å². The molecule has 0 radical (unpaired) electrons. The largest absolute Gasteiger partial charge is 0.495 e. The first kappa shape index (κ1) is 21.2. The molecule has 0 aromatic heterocycles. The number of carbonyl (C=O) groups excluding carboxylic acids is 2. The molecule has 1 aliphatic heterocycles. The van der Waals surface area contributed by atoms with Gasteiger partial charge in [-0.25, -0.2) is 12.7 Å². The molecule has 8 nitrogen and oxygen atoms in total. The van der Waals surface area contributed by atoms with E-state index in [4.69, 9.17) is 4.74 Å². The minimum absolute atomic E-state index is 0.0490. The number of ether oxygens (including phenoxy) is 1. The number of hydrogen-bond donors (Lipinski definition) is 2. The van der Waals surface area contributed by atoms with Crippen molar-refractivity contribution in [2.24, 2.45) is 0 Å². The van der Waals surface area contributed by atoms with Crippen LogP contribution in [0.25, 0.3) is 0 Å². The van der Waals surface area contributed by atoms with Crippen LogP contribution in [-0.2, 0) is 19.6 Å². The number of nitrogens with one attached hydrogen (secondary N) is 2. The van der Waals surface area contributed by atoms with Gasteiger partial charge < -0.3 is 15.4 Å². The zero-order valence-electron chi connectivity index (χ0n) is 16.1. The number of para-hydroxylation sites is 1. The van der Waals surface area contributed by atoms with Gasteiger partial charge in [0.25, 0.3) is 0 Å². The number of rotatable bonds is 6. The maximum atomic E-state index is 12.5. The quantitative estimate of drug-likeness (QED) is 0.722. The van der Waals surface area contributed by atoms with E-state index in [9.17, 15) is 18.0 Å². The third kappa shape index (κ3) is 4.55. The molecule has 0 spiro atoms. The van der Waals surface area contributed by atoms with Crippen LogP contribution in [0.1, 0.15) is 6.42 Å². The number of hydrogen-bond acceptors (Lipinski definition) is 6. The first-order chi connectivity index (χ1) is 13.7. The summed E-state index contributed by atoms with van der Waals surface area (Å²) in [5.41, 5.74) is 1.03. The number of sulfonamides is 1. The van der Waals surface area contributed by atoms with E-state index in [0.717, 1.165) is 14.9 Å². The molecule has 2 aromatic rings. The van der Waals surface area contributed by atoms with Gasteiger partial charge in [0.2, 0.25) is 21.8 Å².